The second-order valence-electron chi connectivity index (χ2n) is 8.82. The highest BCUT2D eigenvalue weighted by Gasteiger charge is 2.20. The lowest BCUT2D eigenvalue weighted by molar-refractivity contribution is 0.178. The van der Waals surface area contributed by atoms with Crippen LogP contribution in [0.4, 0.5) is 0 Å². The lowest BCUT2D eigenvalue weighted by atomic mass is 9.90. The zero-order valence-electron chi connectivity index (χ0n) is 19.2. The second kappa shape index (κ2) is 9.27. The van der Waals surface area contributed by atoms with Crippen LogP contribution in [0.25, 0.3) is 21.9 Å². The molecule has 1 aliphatic heterocycles. The van der Waals surface area contributed by atoms with E-state index < -0.39 is 0 Å². The van der Waals surface area contributed by atoms with E-state index in [0.717, 1.165) is 42.9 Å². The average molecular weight is 447 g/mol. The standard InChI is InChI=1S/C26H30N4O3/c1-32-22-15-20-21(16-23(22)33-2)28-25-24(20)27-17-30(26(25)31)13-12-29-10-8-19(9-11-29)14-18-6-4-3-5-7-18/h3-7,15-17,19,28H,8-14H2,1-2H3. The second-order valence-corrected chi connectivity index (χ2v) is 8.82. The van der Waals surface area contributed by atoms with Gasteiger partial charge in [-0.25, -0.2) is 4.98 Å². The third kappa shape index (κ3) is 4.33. The van der Waals surface area contributed by atoms with Gasteiger partial charge in [0.15, 0.2) is 11.5 Å². The van der Waals surface area contributed by atoms with Crippen molar-refractivity contribution in [3.05, 3.63) is 64.7 Å². The zero-order valence-corrected chi connectivity index (χ0v) is 19.2. The molecular weight excluding hydrogens is 416 g/mol. The fraction of sp³-hybridized carbons (Fsp3) is 0.385. The van der Waals surface area contributed by atoms with Crippen LogP contribution in [0.1, 0.15) is 18.4 Å². The molecule has 0 aliphatic carbocycles. The normalized spacial score (nSPS) is 15.3. The number of aromatic amines is 1. The van der Waals surface area contributed by atoms with E-state index in [9.17, 15) is 4.79 Å². The number of hydrogen-bond donors (Lipinski definition) is 1. The maximum atomic E-state index is 13.1. The van der Waals surface area contributed by atoms with Crippen LogP contribution >= 0.6 is 0 Å². The van der Waals surface area contributed by atoms with Crippen molar-refractivity contribution in [2.45, 2.75) is 25.8 Å². The van der Waals surface area contributed by atoms with Gasteiger partial charge >= 0.3 is 0 Å². The van der Waals surface area contributed by atoms with Gasteiger partial charge in [-0.05, 0) is 49.9 Å². The third-order valence-corrected chi connectivity index (χ3v) is 6.81. The molecule has 1 N–H and O–H groups in total. The van der Waals surface area contributed by atoms with E-state index in [1.54, 1.807) is 25.1 Å². The summed E-state index contributed by atoms with van der Waals surface area (Å²) in [5.41, 5.74) is 3.37. The van der Waals surface area contributed by atoms with Gasteiger partial charge in [0.25, 0.3) is 5.56 Å². The fourth-order valence-corrected chi connectivity index (χ4v) is 4.89. The Labute approximate surface area is 193 Å². The van der Waals surface area contributed by atoms with Gasteiger partial charge < -0.3 is 19.4 Å². The van der Waals surface area contributed by atoms with E-state index >= 15 is 0 Å². The van der Waals surface area contributed by atoms with Crippen molar-refractivity contribution >= 4 is 21.9 Å². The SMILES string of the molecule is COc1cc2[nH]c3c(=O)n(CCN4CCC(Cc5ccccc5)CC4)cnc3c2cc1OC. The topological polar surface area (TPSA) is 72.4 Å². The Morgan fingerprint density at radius 1 is 1.03 bits per heavy atom. The maximum Gasteiger partial charge on any atom is 0.277 e. The number of aromatic nitrogens is 3. The van der Waals surface area contributed by atoms with Crippen LogP contribution in [0.2, 0.25) is 0 Å². The lowest BCUT2D eigenvalue weighted by Gasteiger charge is -2.32. The van der Waals surface area contributed by atoms with Gasteiger partial charge in [-0.3, -0.25) is 9.36 Å². The molecule has 3 heterocycles. The average Bonchev–Trinajstić information content (AvgIpc) is 3.22. The van der Waals surface area contributed by atoms with Gasteiger partial charge in [0.05, 0.1) is 26.1 Å². The monoisotopic (exact) mass is 446 g/mol. The van der Waals surface area contributed by atoms with Crippen LogP contribution in [0.5, 0.6) is 11.5 Å². The first kappa shape index (κ1) is 21.5. The minimum atomic E-state index is -0.0481. The summed E-state index contributed by atoms with van der Waals surface area (Å²) in [6.45, 7) is 3.64. The predicted octanol–water partition coefficient (Wildman–Crippen LogP) is 3.85. The number of H-pyrrole nitrogens is 1. The molecule has 1 aliphatic rings. The molecule has 7 nitrogen and oxygen atoms in total. The lowest BCUT2D eigenvalue weighted by Crippen LogP contribution is -2.37. The summed E-state index contributed by atoms with van der Waals surface area (Å²) < 4.78 is 12.5. The number of piperidine rings is 1. The van der Waals surface area contributed by atoms with Crippen LogP contribution in [-0.2, 0) is 13.0 Å². The number of ether oxygens (including phenoxy) is 2. The maximum absolute atomic E-state index is 13.1. The van der Waals surface area contributed by atoms with Crippen molar-refractivity contribution in [2.24, 2.45) is 5.92 Å². The van der Waals surface area contributed by atoms with Crippen LogP contribution in [0.15, 0.2) is 53.6 Å². The van der Waals surface area contributed by atoms with Crippen LogP contribution < -0.4 is 15.0 Å². The minimum Gasteiger partial charge on any atom is -0.493 e. The zero-order chi connectivity index (χ0) is 22.8. The number of fused-ring (bicyclic) bond motifs is 3. The number of likely N-dealkylation sites (tertiary alicyclic amines) is 1. The van der Waals surface area contributed by atoms with Gasteiger partial charge in [0, 0.05) is 24.5 Å². The molecule has 0 amide bonds. The summed E-state index contributed by atoms with van der Waals surface area (Å²) in [7, 11) is 3.20. The molecule has 33 heavy (non-hydrogen) atoms. The quantitative estimate of drug-likeness (QED) is 0.467. The van der Waals surface area contributed by atoms with Gasteiger partial charge in [-0.1, -0.05) is 30.3 Å². The number of nitrogens with zero attached hydrogens (tertiary/aromatic N) is 3. The molecule has 0 radical (unpaired) electrons. The summed E-state index contributed by atoms with van der Waals surface area (Å²) in [5.74, 6) is 1.98. The third-order valence-electron chi connectivity index (χ3n) is 6.81. The van der Waals surface area contributed by atoms with Gasteiger partial charge in [-0.15, -0.1) is 0 Å². The molecule has 0 spiro atoms. The van der Waals surface area contributed by atoms with E-state index in [4.69, 9.17) is 9.47 Å². The molecule has 1 fully saturated rings. The highest BCUT2D eigenvalue weighted by Crippen LogP contribution is 2.34. The molecule has 0 atom stereocenters. The summed E-state index contributed by atoms with van der Waals surface area (Å²) in [6, 6.07) is 14.5. The first-order valence-corrected chi connectivity index (χ1v) is 11.6. The Morgan fingerprint density at radius 2 is 1.76 bits per heavy atom. The van der Waals surface area contributed by atoms with Crippen molar-refractivity contribution in [3.8, 4) is 11.5 Å². The highest BCUT2D eigenvalue weighted by atomic mass is 16.5. The number of rotatable bonds is 7. The van der Waals surface area contributed by atoms with Crippen molar-refractivity contribution in [2.75, 3.05) is 33.9 Å². The van der Waals surface area contributed by atoms with Crippen molar-refractivity contribution < 1.29 is 9.47 Å². The molecule has 5 rings (SSSR count). The van der Waals surface area contributed by atoms with E-state index in [-0.39, 0.29) is 5.56 Å². The molecule has 1 saturated heterocycles. The predicted molar refractivity (Wildman–Crippen MR) is 130 cm³/mol. The Hall–Kier alpha value is -3.32. The number of nitrogens with one attached hydrogen (secondary N) is 1. The van der Waals surface area contributed by atoms with E-state index in [1.165, 1.54) is 18.4 Å². The van der Waals surface area contributed by atoms with E-state index in [2.05, 4.69) is 45.2 Å². The van der Waals surface area contributed by atoms with Gasteiger partial charge in [-0.2, -0.15) is 0 Å². The summed E-state index contributed by atoms with van der Waals surface area (Å²) >= 11 is 0. The molecule has 4 aromatic rings. The number of methoxy groups -OCH3 is 2. The van der Waals surface area contributed by atoms with Gasteiger partial charge in [0.1, 0.15) is 11.0 Å². The molecule has 2 aromatic heterocycles. The first-order chi connectivity index (χ1) is 16.2. The molecule has 2 aromatic carbocycles. The first-order valence-electron chi connectivity index (χ1n) is 11.6. The molecule has 172 valence electrons. The molecule has 0 bridgehead atoms. The fourth-order valence-electron chi connectivity index (χ4n) is 4.89. The summed E-state index contributed by atoms with van der Waals surface area (Å²) in [5, 5.41) is 0.854. The van der Waals surface area contributed by atoms with E-state index in [1.807, 2.05) is 12.1 Å². The number of benzene rings is 2. The van der Waals surface area contributed by atoms with Gasteiger partial charge in [0.2, 0.25) is 0 Å². The minimum absolute atomic E-state index is 0.0481. The Kier molecular flexibility index (Phi) is 6.05. The summed E-state index contributed by atoms with van der Waals surface area (Å²) in [6.07, 6.45) is 5.22. The van der Waals surface area contributed by atoms with Crippen molar-refractivity contribution in [1.82, 2.24) is 19.4 Å². The Morgan fingerprint density at radius 3 is 2.48 bits per heavy atom. The van der Waals surface area contributed by atoms with Crippen molar-refractivity contribution in [1.29, 1.82) is 0 Å². The van der Waals surface area contributed by atoms with Crippen LogP contribution in [-0.4, -0.2) is 53.3 Å². The largest absolute Gasteiger partial charge is 0.493 e. The molecule has 7 heteroatoms. The Balaban J connectivity index is 1.26. The van der Waals surface area contributed by atoms with Crippen LogP contribution in [0.3, 0.4) is 0 Å². The Bertz CT molecular complexity index is 1300. The molecule has 0 saturated carbocycles. The van der Waals surface area contributed by atoms with Crippen molar-refractivity contribution in [3.63, 3.8) is 0 Å². The molecular formula is C26H30N4O3. The van der Waals surface area contributed by atoms with Crippen LogP contribution in [0, 0.1) is 5.92 Å². The smallest absolute Gasteiger partial charge is 0.277 e. The summed E-state index contributed by atoms with van der Waals surface area (Å²) in [4.78, 5) is 23.4. The highest BCUT2D eigenvalue weighted by molar-refractivity contribution is 6.05. The molecule has 0 unspecified atom stereocenters. The van der Waals surface area contributed by atoms with E-state index in [0.29, 0.717) is 29.1 Å². The number of hydrogen-bond acceptors (Lipinski definition) is 5.